The van der Waals surface area contributed by atoms with E-state index in [9.17, 15) is 14.7 Å². The highest BCUT2D eigenvalue weighted by molar-refractivity contribution is 9.10. The van der Waals surface area contributed by atoms with Crippen LogP contribution in [0.4, 0.5) is 5.69 Å². The summed E-state index contributed by atoms with van der Waals surface area (Å²) < 4.78 is 6.09. The van der Waals surface area contributed by atoms with Gasteiger partial charge in [0.1, 0.15) is 5.57 Å². The van der Waals surface area contributed by atoms with Crippen molar-refractivity contribution >= 4 is 51.1 Å². The lowest BCUT2D eigenvalue weighted by molar-refractivity contribution is -0.117. The van der Waals surface area contributed by atoms with Crippen LogP contribution in [0.15, 0.2) is 46.4 Å². The number of halogens is 2. The zero-order valence-electron chi connectivity index (χ0n) is 13.6. The van der Waals surface area contributed by atoms with Crippen molar-refractivity contribution in [2.75, 3.05) is 11.6 Å². The summed E-state index contributed by atoms with van der Waals surface area (Å²) in [5.74, 6) is -1.03. The van der Waals surface area contributed by atoms with Gasteiger partial charge in [-0.15, -0.1) is 0 Å². The summed E-state index contributed by atoms with van der Waals surface area (Å²) >= 11 is 9.33. The predicted molar refractivity (Wildman–Crippen MR) is 102 cm³/mol. The van der Waals surface area contributed by atoms with E-state index in [4.69, 9.17) is 16.3 Å². The van der Waals surface area contributed by atoms with Crippen LogP contribution in [0, 0.1) is 0 Å². The van der Waals surface area contributed by atoms with Crippen LogP contribution in [0.25, 0.3) is 6.08 Å². The summed E-state index contributed by atoms with van der Waals surface area (Å²) in [6.45, 7) is 2.10. The normalized spacial score (nSPS) is 15.5. The van der Waals surface area contributed by atoms with Gasteiger partial charge in [0, 0.05) is 4.47 Å². The third kappa shape index (κ3) is 3.54. The maximum Gasteiger partial charge on any atom is 0.282 e. The predicted octanol–water partition coefficient (Wildman–Crippen LogP) is 3.67. The van der Waals surface area contributed by atoms with Crippen LogP contribution in [0.2, 0.25) is 5.02 Å². The van der Waals surface area contributed by atoms with E-state index in [1.807, 2.05) is 6.07 Å². The fraction of sp³-hybridized carbons (Fsp3) is 0.111. The third-order valence-electron chi connectivity index (χ3n) is 3.62. The molecule has 0 bridgehead atoms. The lowest BCUT2D eigenvalue weighted by Gasteiger charge is -2.14. The largest absolute Gasteiger partial charge is 0.503 e. The average molecular weight is 438 g/mol. The van der Waals surface area contributed by atoms with Gasteiger partial charge in [-0.05, 0) is 48.9 Å². The smallest absolute Gasteiger partial charge is 0.282 e. The second kappa shape index (κ2) is 7.39. The van der Waals surface area contributed by atoms with Gasteiger partial charge in [0.2, 0.25) is 0 Å². The molecule has 26 heavy (non-hydrogen) atoms. The van der Waals surface area contributed by atoms with Gasteiger partial charge >= 0.3 is 0 Å². The molecule has 1 fully saturated rings. The van der Waals surface area contributed by atoms with Crippen molar-refractivity contribution < 1.29 is 19.4 Å². The summed E-state index contributed by atoms with van der Waals surface area (Å²) in [5, 5.41) is 11.1. The SMILES string of the molecule is CCOc1cc(C=C2C(=O)NN(c3cccc(Br)c3)C2=O)cc(Cl)c1O. The molecule has 0 aromatic heterocycles. The number of nitrogens with one attached hydrogen (secondary N) is 1. The molecule has 0 atom stereocenters. The van der Waals surface area contributed by atoms with Crippen LogP contribution in [0.1, 0.15) is 12.5 Å². The molecule has 3 rings (SSSR count). The van der Waals surface area contributed by atoms with E-state index in [2.05, 4.69) is 21.4 Å². The van der Waals surface area contributed by atoms with E-state index in [0.717, 1.165) is 4.47 Å². The van der Waals surface area contributed by atoms with Crippen molar-refractivity contribution in [1.82, 2.24) is 5.43 Å². The molecule has 134 valence electrons. The number of ether oxygens (including phenoxy) is 1. The molecular formula is C18H14BrClN2O4. The lowest BCUT2D eigenvalue weighted by atomic mass is 10.1. The molecule has 6 nitrogen and oxygen atoms in total. The van der Waals surface area contributed by atoms with Crippen molar-refractivity contribution in [3.05, 3.63) is 57.0 Å². The quantitative estimate of drug-likeness (QED) is 0.565. The van der Waals surface area contributed by atoms with E-state index in [-0.39, 0.29) is 22.1 Å². The molecule has 0 aliphatic carbocycles. The number of anilines is 1. The van der Waals surface area contributed by atoms with Crippen molar-refractivity contribution in [3.8, 4) is 11.5 Å². The second-order valence-electron chi connectivity index (χ2n) is 5.40. The number of phenols is 1. The number of carbonyl (C=O) groups excluding carboxylic acids is 2. The number of nitrogens with zero attached hydrogens (tertiary/aromatic N) is 1. The van der Waals surface area contributed by atoms with Gasteiger partial charge in [0.05, 0.1) is 17.3 Å². The first-order valence-corrected chi connectivity index (χ1v) is 8.85. The van der Waals surface area contributed by atoms with E-state index < -0.39 is 11.8 Å². The van der Waals surface area contributed by atoms with Crippen molar-refractivity contribution in [2.45, 2.75) is 6.92 Å². The number of hydrogen-bond donors (Lipinski definition) is 2. The molecule has 1 saturated heterocycles. The molecule has 2 aromatic carbocycles. The van der Waals surface area contributed by atoms with Crippen LogP contribution >= 0.6 is 27.5 Å². The molecule has 0 spiro atoms. The second-order valence-corrected chi connectivity index (χ2v) is 6.72. The van der Waals surface area contributed by atoms with Crippen molar-refractivity contribution in [2.24, 2.45) is 0 Å². The summed E-state index contributed by atoms with van der Waals surface area (Å²) in [7, 11) is 0. The molecule has 1 aliphatic rings. The summed E-state index contributed by atoms with van der Waals surface area (Å²) in [6.07, 6.45) is 1.41. The van der Waals surface area contributed by atoms with Gasteiger partial charge in [0.25, 0.3) is 11.8 Å². The summed E-state index contributed by atoms with van der Waals surface area (Å²) in [5.41, 5.74) is 3.47. The maximum atomic E-state index is 12.6. The molecule has 0 unspecified atom stereocenters. The first-order chi connectivity index (χ1) is 12.4. The number of amides is 2. The zero-order valence-corrected chi connectivity index (χ0v) is 16.0. The Kier molecular flexibility index (Phi) is 5.20. The Bertz CT molecular complexity index is 929. The first kappa shape index (κ1) is 18.3. The molecule has 2 amide bonds. The highest BCUT2D eigenvalue weighted by Gasteiger charge is 2.34. The molecule has 1 heterocycles. The van der Waals surface area contributed by atoms with E-state index in [0.29, 0.717) is 17.9 Å². The number of phenolic OH excluding ortho intramolecular Hbond substituents is 1. The summed E-state index contributed by atoms with van der Waals surface area (Å²) in [4.78, 5) is 24.9. The van der Waals surface area contributed by atoms with Gasteiger partial charge in [-0.3, -0.25) is 15.0 Å². The standard InChI is InChI=1S/C18H14BrClN2O4/c1-2-26-15-8-10(7-14(20)16(15)23)6-13-17(24)21-22(18(13)25)12-5-3-4-11(19)9-12/h3-9,23H,2H2,1H3,(H,21,24). The molecule has 0 radical (unpaired) electrons. The topological polar surface area (TPSA) is 78.9 Å². The Balaban J connectivity index is 1.97. The molecule has 2 aromatic rings. The Morgan fingerprint density at radius 2 is 2.08 bits per heavy atom. The van der Waals surface area contributed by atoms with Gasteiger partial charge in [-0.1, -0.05) is 33.6 Å². The Morgan fingerprint density at radius 3 is 2.77 bits per heavy atom. The van der Waals surface area contributed by atoms with E-state index in [1.165, 1.54) is 23.2 Å². The van der Waals surface area contributed by atoms with Crippen LogP contribution < -0.4 is 15.2 Å². The maximum absolute atomic E-state index is 12.6. The summed E-state index contributed by atoms with van der Waals surface area (Å²) in [6, 6.07) is 9.96. The highest BCUT2D eigenvalue weighted by atomic mass is 79.9. The minimum atomic E-state index is -0.530. The van der Waals surface area contributed by atoms with Gasteiger partial charge < -0.3 is 9.84 Å². The fourth-order valence-corrected chi connectivity index (χ4v) is 3.07. The van der Waals surface area contributed by atoms with Gasteiger partial charge in [0.15, 0.2) is 11.5 Å². The number of rotatable bonds is 4. The third-order valence-corrected chi connectivity index (χ3v) is 4.40. The monoisotopic (exact) mass is 436 g/mol. The fourth-order valence-electron chi connectivity index (χ4n) is 2.46. The van der Waals surface area contributed by atoms with Crippen LogP contribution in [0.5, 0.6) is 11.5 Å². The Morgan fingerprint density at radius 1 is 1.31 bits per heavy atom. The molecule has 0 saturated carbocycles. The number of benzene rings is 2. The van der Waals surface area contributed by atoms with Gasteiger partial charge in [-0.25, -0.2) is 5.01 Å². The Labute approximate surface area is 163 Å². The van der Waals surface area contributed by atoms with Crippen LogP contribution in [0.3, 0.4) is 0 Å². The van der Waals surface area contributed by atoms with Crippen molar-refractivity contribution in [3.63, 3.8) is 0 Å². The van der Waals surface area contributed by atoms with Gasteiger partial charge in [-0.2, -0.15) is 0 Å². The molecule has 2 N–H and O–H groups in total. The van der Waals surface area contributed by atoms with Crippen LogP contribution in [-0.4, -0.2) is 23.5 Å². The first-order valence-electron chi connectivity index (χ1n) is 7.68. The average Bonchev–Trinajstić information content (AvgIpc) is 2.87. The van der Waals surface area contributed by atoms with Crippen molar-refractivity contribution in [1.29, 1.82) is 0 Å². The molecule has 8 heteroatoms. The number of aromatic hydroxyl groups is 1. The zero-order chi connectivity index (χ0) is 18.8. The van der Waals surface area contributed by atoms with E-state index in [1.54, 1.807) is 25.1 Å². The number of hydrogen-bond acceptors (Lipinski definition) is 4. The lowest BCUT2D eigenvalue weighted by Crippen LogP contribution is -2.35. The minimum absolute atomic E-state index is 0.0471. The highest BCUT2D eigenvalue weighted by Crippen LogP contribution is 2.36. The Hall–Kier alpha value is -2.51. The number of hydrazine groups is 1. The molecular weight excluding hydrogens is 424 g/mol. The van der Waals surface area contributed by atoms with Crippen LogP contribution in [-0.2, 0) is 9.59 Å². The number of carbonyl (C=O) groups is 2. The minimum Gasteiger partial charge on any atom is -0.503 e. The molecule has 1 aliphatic heterocycles. The van der Waals surface area contributed by atoms with E-state index >= 15 is 0 Å².